The van der Waals surface area contributed by atoms with E-state index in [0.29, 0.717) is 24.2 Å². The first kappa shape index (κ1) is 28.5. The normalized spacial score (nSPS) is 17.4. The molecule has 1 fully saturated rings. The fourth-order valence-electron chi connectivity index (χ4n) is 5.02. The number of nitrogens with zero attached hydrogens (tertiary/aromatic N) is 4. The molecule has 41 heavy (non-hydrogen) atoms. The summed E-state index contributed by atoms with van der Waals surface area (Å²) in [5.41, 5.74) is 2.95. The van der Waals surface area contributed by atoms with Gasteiger partial charge in [0, 0.05) is 39.3 Å². The van der Waals surface area contributed by atoms with Gasteiger partial charge in [-0.15, -0.1) is 0 Å². The Balaban J connectivity index is 1.38. The van der Waals surface area contributed by atoms with Crippen molar-refractivity contribution < 1.29 is 23.5 Å². The Bertz CT molecular complexity index is 1350. The molecule has 3 aromatic rings. The fraction of sp³-hybridized carbons (Fsp3) is 0.387. The summed E-state index contributed by atoms with van der Waals surface area (Å²) in [5.74, 6) is -0.458. The van der Waals surface area contributed by atoms with E-state index in [1.165, 1.54) is 17.0 Å². The minimum absolute atomic E-state index is 0.128. The lowest BCUT2D eigenvalue weighted by atomic mass is 10.0. The van der Waals surface area contributed by atoms with Crippen LogP contribution in [0.15, 0.2) is 60.7 Å². The number of anilines is 1. The highest BCUT2D eigenvalue weighted by Gasteiger charge is 2.34. The summed E-state index contributed by atoms with van der Waals surface area (Å²) < 4.78 is 25.1. The number of rotatable bonds is 8. The molecule has 1 atom stereocenters. The van der Waals surface area contributed by atoms with Gasteiger partial charge in [0.05, 0.1) is 6.04 Å². The number of fused-ring (bicyclic) bond motifs is 1. The number of carbonyl (C=O) groups excluding carboxylic acids is 2. The highest BCUT2D eigenvalue weighted by molar-refractivity contribution is 5.96. The summed E-state index contributed by atoms with van der Waals surface area (Å²) in [5, 5.41) is 3.00. The minimum Gasteiger partial charge on any atom is -0.474 e. The van der Waals surface area contributed by atoms with Gasteiger partial charge in [0.25, 0.3) is 5.91 Å². The predicted octanol–water partition coefficient (Wildman–Crippen LogP) is 3.71. The van der Waals surface area contributed by atoms with Crippen molar-refractivity contribution in [3.8, 4) is 5.88 Å². The number of benzene rings is 2. The molecular weight excluding hydrogens is 525 g/mol. The van der Waals surface area contributed by atoms with Crippen molar-refractivity contribution in [2.45, 2.75) is 26.0 Å². The van der Waals surface area contributed by atoms with Crippen molar-refractivity contribution in [2.75, 3.05) is 57.8 Å². The summed E-state index contributed by atoms with van der Waals surface area (Å²) in [4.78, 5) is 37.4. The number of carbonyl (C=O) groups is 2. The van der Waals surface area contributed by atoms with Crippen LogP contribution in [0.4, 0.5) is 14.9 Å². The molecule has 216 valence electrons. The number of ether oxygens (including phenoxy) is 2. The molecular formula is C31H36FN5O4. The predicted molar refractivity (Wildman–Crippen MR) is 154 cm³/mol. The number of halogens is 1. The molecule has 2 aliphatic heterocycles. The van der Waals surface area contributed by atoms with Gasteiger partial charge in [0.1, 0.15) is 30.4 Å². The number of amides is 2. The third-order valence-electron chi connectivity index (χ3n) is 7.44. The van der Waals surface area contributed by atoms with E-state index in [-0.39, 0.29) is 42.6 Å². The number of piperazine rings is 1. The molecule has 0 aliphatic carbocycles. The standard InChI is InChI=1S/C31H36FN5O4/c1-22-20-40-30-27(37(22)31(39)41-21-24-6-4-3-5-7-24)19-25(18-23-8-10-26(32)11-9-23)28(34-30)29(38)33-12-13-36-16-14-35(2)15-17-36/h3-11,19,22H,12-18,20-21H2,1-2H3,(H,33,38)/t22-/m0/s1. The number of pyridine rings is 1. The van der Waals surface area contributed by atoms with E-state index in [4.69, 9.17) is 9.47 Å². The monoisotopic (exact) mass is 561 g/mol. The summed E-state index contributed by atoms with van der Waals surface area (Å²) in [7, 11) is 2.11. The van der Waals surface area contributed by atoms with Crippen molar-refractivity contribution in [1.29, 1.82) is 0 Å². The van der Waals surface area contributed by atoms with E-state index >= 15 is 0 Å². The first-order chi connectivity index (χ1) is 19.9. The van der Waals surface area contributed by atoms with Gasteiger partial charge in [-0.3, -0.25) is 14.6 Å². The van der Waals surface area contributed by atoms with E-state index in [1.54, 1.807) is 18.2 Å². The number of nitrogens with one attached hydrogen (secondary N) is 1. The number of aromatic nitrogens is 1. The smallest absolute Gasteiger partial charge is 0.415 e. The molecule has 0 bridgehead atoms. The first-order valence-electron chi connectivity index (χ1n) is 14.0. The third kappa shape index (κ3) is 7.20. The van der Waals surface area contributed by atoms with Crippen LogP contribution >= 0.6 is 0 Å². The maximum absolute atomic E-state index is 13.6. The molecule has 1 N–H and O–H groups in total. The van der Waals surface area contributed by atoms with Crippen LogP contribution in [-0.2, 0) is 17.8 Å². The molecule has 3 heterocycles. The van der Waals surface area contributed by atoms with E-state index in [9.17, 15) is 14.0 Å². The van der Waals surface area contributed by atoms with Crippen molar-refractivity contribution in [1.82, 2.24) is 20.1 Å². The van der Waals surface area contributed by atoms with Crippen molar-refractivity contribution in [3.05, 3.63) is 88.9 Å². The van der Waals surface area contributed by atoms with Crippen LogP contribution in [-0.4, -0.2) is 85.7 Å². The minimum atomic E-state index is -0.523. The van der Waals surface area contributed by atoms with Gasteiger partial charge in [0.15, 0.2) is 0 Å². The molecule has 5 rings (SSSR count). The molecule has 0 spiro atoms. The molecule has 9 nitrogen and oxygen atoms in total. The number of hydrogen-bond donors (Lipinski definition) is 1. The van der Waals surface area contributed by atoms with Crippen LogP contribution in [0.2, 0.25) is 0 Å². The second-order valence-electron chi connectivity index (χ2n) is 10.6. The lowest BCUT2D eigenvalue weighted by molar-refractivity contribution is 0.0933. The Morgan fingerprint density at radius 3 is 2.51 bits per heavy atom. The van der Waals surface area contributed by atoms with Crippen molar-refractivity contribution in [3.63, 3.8) is 0 Å². The quantitative estimate of drug-likeness (QED) is 0.449. The van der Waals surface area contributed by atoms with Gasteiger partial charge in [-0.05, 0) is 55.3 Å². The topological polar surface area (TPSA) is 87.2 Å². The number of hydrogen-bond acceptors (Lipinski definition) is 7. The second kappa shape index (κ2) is 13.1. The van der Waals surface area contributed by atoms with Gasteiger partial charge in [-0.25, -0.2) is 14.2 Å². The van der Waals surface area contributed by atoms with Crippen LogP contribution in [0.3, 0.4) is 0 Å². The maximum Gasteiger partial charge on any atom is 0.415 e. The Morgan fingerprint density at radius 2 is 1.78 bits per heavy atom. The largest absolute Gasteiger partial charge is 0.474 e. The van der Waals surface area contributed by atoms with E-state index in [2.05, 4.69) is 27.1 Å². The average Bonchev–Trinajstić information content (AvgIpc) is 2.98. The Hall–Kier alpha value is -4.02. The second-order valence-corrected chi connectivity index (χ2v) is 10.6. The van der Waals surface area contributed by atoms with E-state index in [1.807, 2.05) is 37.3 Å². The molecule has 0 saturated carbocycles. The summed E-state index contributed by atoms with van der Waals surface area (Å²) in [6.07, 6.45) is -0.201. The zero-order valence-corrected chi connectivity index (χ0v) is 23.5. The van der Waals surface area contributed by atoms with Crippen LogP contribution in [0.25, 0.3) is 0 Å². The van der Waals surface area contributed by atoms with Crippen LogP contribution in [0.5, 0.6) is 5.88 Å². The Labute approximate surface area is 239 Å². The Morgan fingerprint density at radius 1 is 1.05 bits per heavy atom. The summed E-state index contributed by atoms with van der Waals surface area (Å²) >= 11 is 0. The lowest BCUT2D eigenvalue weighted by Gasteiger charge is -2.34. The zero-order chi connectivity index (χ0) is 28.8. The first-order valence-corrected chi connectivity index (χ1v) is 14.0. The summed E-state index contributed by atoms with van der Waals surface area (Å²) in [6, 6.07) is 17.0. The van der Waals surface area contributed by atoms with Crippen molar-refractivity contribution in [2.24, 2.45) is 0 Å². The van der Waals surface area contributed by atoms with E-state index < -0.39 is 6.09 Å². The molecule has 2 aliphatic rings. The Kier molecular flexibility index (Phi) is 9.11. The van der Waals surface area contributed by atoms with Gasteiger partial charge in [-0.2, -0.15) is 0 Å². The highest BCUT2D eigenvalue weighted by atomic mass is 19.1. The average molecular weight is 562 g/mol. The van der Waals surface area contributed by atoms with Gasteiger partial charge < -0.3 is 19.7 Å². The molecule has 0 radical (unpaired) electrons. The maximum atomic E-state index is 13.6. The van der Waals surface area contributed by atoms with Crippen molar-refractivity contribution >= 4 is 17.7 Å². The zero-order valence-electron chi connectivity index (χ0n) is 23.5. The number of likely N-dealkylation sites (N-methyl/N-ethyl adjacent to an activating group) is 1. The van der Waals surface area contributed by atoms with Gasteiger partial charge >= 0.3 is 6.09 Å². The molecule has 10 heteroatoms. The lowest BCUT2D eigenvalue weighted by Crippen LogP contribution is -2.47. The van der Waals surface area contributed by atoms with Crippen LogP contribution in [0.1, 0.15) is 34.1 Å². The molecule has 2 amide bonds. The van der Waals surface area contributed by atoms with Crippen LogP contribution < -0.4 is 15.0 Å². The van der Waals surface area contributed by atoms with Gasteiger partial charge in [-0.1, -0.05) is 42.5 Å². The summed E-state index contributed by atoms with van der Waals surface area (Å²) in [6.45, 7) is 7.35. The highest BCUT2D eigenvalue weighted by Crippen LogP contribution is 2.35. The van der Waals surface area contributed by atoms with E-state index in [0.717, 1.165) is 43.9 Å². The molecule has 1 aromatic heterocycles. The SMILES string of the molecule is C[C@H]1COc2nc(C(=O)NCCN3CCN(C)CC3)c(Cc3ccc(F)cc3)cc2N1C(=O)OCc1ccccc1. The fourth-order valence-corrected chi connectivity index (χ4v) is 5.02. The van der Waals surface area contributed by atoms with Crippen LogP contribution in [0, 0.1) is 5.82 Å². The molecule has 2 aromatic carbocycles. The molecule has 0 unspecified atom stereocenters. The third-order valence-corrected chi connectivity index (χ3v) is 7.44. The molecule has 1 saturated heterocycles. The van der Waals surface area contributed by atoms with Gasteiger partial charge in [0.2, 0.25) is 5.88 Å².